The second kappa shape index (κ2) is 2.18. The number of allylic oxidation sites excluding steroid dienone is 2. The molecular weight excluding hydrogens is 182 g/mol. The molecule has 0 spiro atoms. The van der Waals surface area contributed by atoms with Gasteiger partial charge in [0.15, 0.2) is 0 Å². The Kier molecular flexibility index (Phi) is 1.10. The van der Waals surface area contributed by atoms with Gasteiger partial charge in [0, 0.05) is 12.0 Å². The number of rotatable bonds is 0. The molecule has 5 aliphatic rings. The molecule has 0 aromatic heterocycles. The quantitative estimate of drug-likeness (QED) is 0.466. The molecule has 1 N–H and O–H groups in total. The van der Waals surface area contributed by atoms with Crippen molar-refractivity contribution in [2.45, 2.75) is 18.9 Å². The highest BCUT2D eigenvalue weighted by atomic mass is 15.0. The molecule has 1 aliphatic heterocycles. The van der Waals surface area contributed by atoms with E-state index in [9.17, 15) is 0 Å². The first-order valence-electron chi connectivity index (χ1n) is 6.54. The Balaban J connectivity index is 1.63. The van der Waals surface area contributed by atoms with E-state index < -0.39 is 0 Å². The van der Waals surface area contributed by atoms with Gasteiger partial charge in [-0.25, -0.2) is 0 Å². The molecule has 4 aliphatic carbocycles. The second-order valence-electron chi connectivity index (χ2n) is 6.30. The molecular formula is C14H17N. The van der Waals surface area contributed by atoms with Gasteiger partial charge in [-0.15, -0.1) is 0 Å². The third-order valence-electron chi connectivity index (χ3n) is 6.09. The number of hydrogen-bond donors (Lipinski definition) is 1. The highest BCUT2D eigenvalue weighted by molar-refractivity contribution is 5.26. The van der Waals surface area contributed by atoms with E-state index in [0.717, 1.165) is 47.5 Å². The molecule has 5 rings (SSSR count). The first-order valence-corrected chi connectivity index (χ1v) is 6.54. The Hall–Kier alpha value is -0.720. The van der Waals surface area contributed by atoms with Crippen LogP contribution in [0.4, 0.5) is 0 Å². The molecule has 4 bridgehead atoms. The van der Waals surface area contributed by atoms with Gasteiger partial charge < -0.3 is 5.32 Å². The van der Waals surface area contributed by atoms with Gasteiger partial charge >= 0.3 is 0 Å². The standard InChI is InChI=1S/C14H17N/c1-2-8-5-7(1)12-10-6-11(13(8)12)14-9(10)3-4-15-14/h1-4,7-15H,5-6H2. The van der Waals surface area contributed by atoms with Crippen molar-refractivity contribution >= 4 is 0 Å². The molecule has 1 heteroatoms. The van der Waals surface area contributed by atoms with Crippen molar-refractivity contribution in [2.24, 2.45) is 41.4 Å². The van der Waals surface area contributed by atoms with Crippen LogP contribution in [-0.4, -0.2) is 6.04 Å². The van der Waals surface area contributed by atoms with E-state index in [1.807, 2.05) is 0 Å². The van der Waals surface area contributed by atoms with Gasteiger partial charge in [0.25, 0.3) is 0 Å². The van der Waals surface area contributed by atoms with Crippen LogP contribution in [0.2, 0.25) is 0 Å². The zero-order chi connectivity index (χ0) is 9.57. The van der Waals surface area contributed by atoms with E-state index in [2.05, 4.69) is 29.7 Å². The lowest BCUT2D eigenvalue weighted by atomic mass is 9.68. The fourth-order valence-electron chi connectivity index (χ4n) is 5.86. The van der Waals surface area contributed by atoms with E-state index in [-0.39, 0.29) is 0 Å². The van der Waals surface area contributed by atoms with Crippen LogP contribution >= 0.6 is 0 Å². The number of fused-ring (bicyclic) bond motifs is 12. The van der Waals surface area contributed by atoms with Crippen LogP contribution in [0.15, 0.2) is 24.4 Å². The first kappa shape index (κ1) is 7.54. The monoisotopic (exact) mass is 199 g/mol. The van der Waals surface area contributed by atoms with Crippen molar-refractivity contribution in [3.8, 4) is 0 Å². The third kappa shape index (κ3) is 0.668. The van der Waals surface area contributed by atoms with Crippen LogP contribution in [0.5, 0.6) is 0 Å². The lowest BCUT2D eigenvalue weighted by Gasteiger charge is -2.38. The molecule has 3 fully saturated rings. The summed E-state index contributed by atoms with van der Waals surface area (Å²) in [5.41, 5.74) is 0. The maximum Gasteiger partial charge on any atom is 0.0353 e. The Morgan fingerprint density at radius 2 is 1.67 bits per heavy atom. The van der Waals surface area contributed by atoms with Crippen molar-refractivity contribution < 1.29 is 0 Å². The van der Waals surface area contributed by atoms with Crippen molar-refractivity contribution in [1.82, 2.24) is 5.32 Å². The van der Waals surface area contributed by atoms with Crippen LogP contribution in [0.3, 0.4) is 0 Å². The third-order valence-corrected chi connectivity index (χ3v) is 6.09. The Bertz CT molecular complexity index is 383. The van der Waals surface area contributed by atoms with Gasteiger partial charge in [0.1, 0.15) is 0 Å². The van der Waals surface area contributed by atoms with Gasteiger partial charge in [0.05, 0.1) is 0 Å². The van der Waals surface area contributed by atoms with E-state index in [0.29, 0.717) is 0 Å². The maximum absolute atomic E-state index is 3.62. The van der Waals surface area contributed by atoms with Crippen LogP contribution in [0, 0.1) is 41.4 Å². The van der Waals surface area contributed by atoms with Crippen LogP contribution in [0.1, 0.15) is 12.8 Å². The van der Waals surface area contributed by atoms with Gasteiger partial charge in [0.2, 0.25) is 0 Å². The van der Waals surface area contributed by atoms with Crippen LogP contribution in [-0.2, 0) is 0 Å². The zero-order valence-electron chi connectivity index (χ0n) is 8.84. The average Bonchev–Trinajstić information content (AvgIpc) is 3.03. The van der Waals surface area contributed by atoms with Crippen molar-refractivity contribution in [2.75, 3.05) is 0 Å². The van der Waals surface area contributed by atoms with E-state index in [4.69, 9.17) is 0 Å². The second-order valence-corrected chi connectivity index (χ2v) is 6.30. The summed E-state index contributed by atoms with van der Waals surface area (Å²) in [4.78, 5) is 0. The topological polar surface area (TPSA) is 12.0 Å². The van der Waals surface area contributed by atoms with E-state index in [1.165, 1.54) is 12.8 Å². The molecule has 0 aromatic carbocycles. The number of hydrogen-bond acceptors (Lipinski definition) is 1. The minimum absolute atomic E-state index is 0.823. The summed E-state index contributed by atoms with van der Waals surface area (Å²) in [5, 5.41) is 3.62. The van der Waals surface area contributed by atoms with E-state index >= 15 is 0 Å². The molecule has 15 heavy (non-hydrogen) atoms. The van der Waals surface area contributed by atoms with Crippen LogP contribution in [0.25, 0.3) is 0 Å². The fraction of sp³-hybridized carbons (Fsp3) is 0.714. The normalized spacial score (nSPS) is 66.1. The molecule has 8 unspecified atom stereocenters. The van der Waals surface area contributed by atoms with Gasteiger partial charge in [-0.1, -0.05) is 18.2 Å². The minimum Gasteiger partial charge on any atom is -0.388 e. The summed E-state index contributed by atoms with van der Waals surface area (Å²) in [5.74, 6) is 6.96. The Morgan fingerprint density at radius 3 is 2.53 bits per heavy atom. The Morgan fingerprint density at radius 1 is 0.867 bits per heavy atom. The fourth-order valence-corrected chi connectivity index (χ4v) is 5.86. The molecule has 0 amide bonds. The summed E-state index contributed by atoms with van der Waals surface area (Å²) in [6.07, 6.45) is 12.8. The molecule has 1 nitrogen and oxygen atoms in total. The summed E-state index contributed by atoms with van der Waals surface area (Å²) >= 11 is 0. The summed E-state index contributed by atoms with van der Waals surface area (Å²) in [7, 11) is 0. The molecule has 0 aromatic rings. The highest BCUT2D eigenvalue weighted by Crippen LogP contribution is 2.67. The van der Waals surface area contributed by atoms with Crippen molar-refractivity contribution in [3.05, 3.63) is 24.4 Å². The predicted molar refractivity (Wildman–Crippen MR) is 58.9 cm³/mol. The number of nitrogens with one attached hydrogen (secondary N) is 1. The molecule has 8 atom stereocenters. The SMILES string of the molecule is C1=CC2C3CC(C2N1)C1C2C=CC(C2)C31. The smallest absolute Gasteiger partial charge is 0.0353 e. The highest BCUT2D eigenvalue weighted by Gasteiger charge is 2.64. The zero-order valence-corrected chi connectivity index (χ0v) is 8.84. The maximum atomic E-state index is 3.62. The van der Waals surface area contributed by atoms with Crippen molar-refractivity contribution in [3.63, 3.8) is 0 Å². The van der Waals surface area contributed by atoms with Crippen LogP contribution < -0.4 is 5.32 Å². The lowest BCUT2D eigenvalue weighted by molar-refractivity contribution is 0.148. The minimum atomic E-state index is 0.823. The average molecular weight is 199 g/mol. The first-order chi connectivity index (χ1) is 7.43. The van der Waals surface area contributed by atoms with Gasteiger partial charge in [-0.3, -0.25) is 0 Å². The van der Waals surface area contributed by atoms with E-state index in [1.54, 1.807) is 0 Å². The summed E-state index contributed by atoms with van der Waals surface area (Å²) in [6.45, 7) is 0. The summed E-state index contributed by atoms with van der Waals surface area (Å²) in [6, 6.07) is 0.823. The summed E-state index contributed by atoms with van der Waals surface area (Å²) < 4.78 is 0. The Labute approximate surface area is 90.6 Å². The van der Waals surface area contributed by atoms with Gasteiger partial charge in [-0.2, -0.15) is 0 Å². The molecule has 78 valence electrons. The van der Waals surface area contributed by atoms with Gasteiger partial charge in [-0.05, 0) is 54.5 Å². The molecule has 3 saturated carbocycles. The molecule has 0 radical (unpaired) electrons. The largest absolute Gasteiger partial charge is 0.388 e. The molecule has 0 saturated heterocycles. The van der Waals surface area contributed by atoms with Crippen molar-refractivity contribution in [1.29, 1.82) is 0 Å². The molecule has 1 heterocycles. The predicted octanol–water partition coefficient (Wildman–Crippen LogP) is 2.18. The lowest BCUT2D eigenvalue weighted by Crippen LogP contribution is -2.42.